The van der Waals surface area contributed by atoms with Gasteiger partial charge in [-0.2, -0.15) is 13.2 Å². The minimum Gasteiger partial charge on any atom is -0.361 e. The van der Waals surface area contributed by atoms with Gasteiger partial charge in [0.05, 0.1) is 11.6 Å². The van der Waals surface area contributed by atoms with Crippen molar-refractivity contribution in [1.82, 2.24) is 9.97 Å². The van der Waals surface area contributed by atoms with Crippen LogP contribution in [0.15, 0.2) is 22.9 Å². The Morgan fingerprint density at radius 3 is 2.55 bits per heavy atom. The number of hydrogen-bond acceptors (Lipinski definition) is 4. The van der Waals surface area contributed by atoms with E-state index in [1.165, 1.54) is 17.5 Å². The Labute approximate surface area is 126 Å². The molecule has 0 spiro atoms. The van der Waals surface area contributed by atoms with Crippen molar-refractivity contribution in [2.24, 2.45) is 0 Å². The van der Waals surface area contributed by atoms with Crippen molar-refractivity contribution >= 4 is 33.1 Å². The number of rotatable bonds is 3. The van der Waals surface area contributed by atoms with Gasteiger partial charge in [-0.05, 0) is 35.8 Å². The van der Waals surface area contributed by atoms with Crippen molar-refractivity contribution < 1.29 is 13.2 Å². The van der Waals surface area contributed by atoms with Gasteiger partial charge in [0.15, 0.2) is 0 Å². The first-order valence-electron chi connectivity index (χ1n) is 5.69. The second kappa shape index (κ2) is 5.69. The molecule has 2 aromatic heterocycles. The minimum absolute atomic E-state index is 0.193. The van der Waals surface area contributed by atoms with Gasteiger partial charge >= 0.3 is 6.18 Å². The lowest BCUT2D eigenvalue weighted by Gasteiger charge is -2.17. The third-order valence-electron chi connectivity index (χ3n) is 2.52. The Bertz CT molecular complexity index is 612. The predicted octanol–water partition coefficient (Wildman–Crippen LogP) is 4.80. The van der Waals surface area contributed by atoms with Crippen molar-refractivity contribution in [2.75, 3.05) is 5.32 Å². The predicted molar refractivity (Wildman–Crippen MR) is 75.8 cm³/mol. The molecule has 2 heterocycles. The largest absolute Gasteiger partial charge is 0.419 e. The van der Waals surface area contributed by atoms with Crippen LogP contribution in [0.1, 0.15) is 28.4 Å². The lowest BCUT2D eigenvalue weighted by Crippen LogP contribution is -2.15. The fourth-order valence-electron chi connectivity index (χ4n) is 1.61. The molecule has 0 aromatic carbocycles. The van der Waals surface area contributed by atoms with Crippen LogP contribution in [-0.4, -0.2) is 9.97 Å². The Morgan fingerprint density at radius 2 is 2.00 bits per heavy atom. The van der Waals surface area contributed by atoms with Gasteiger partial charge in [-0.3, -0.25) is 0 Å². The lowest BCUT2D eigenvalue weighted by molar-refractivity contribution is -0.137. The number of pyridine rings is 1. The number of aryl methyl sites for hydroxylation is 1. The van der Waals surface area contributed by atoms with Gasteiger partial charge in [-0.1, -0.05) is 0 Å². The van der Waals surface area contributed by atoms with E-state index in [0.29, 0.717) is 0 Å². The van der Waals surface area contributed by atoms with Crippen LogP contribution in [0.2, 0.25) is 0 Å². The Kier molecular flexibility index (Phi) is 4.33. The molecule has 1 N–H and O–H groups in total. The summed E-state index contributed by atoms with van der Waals surface area (Å²) in [4.78, 5) is 8.98. The molecule has 0 aliphatic heterocycles. The standard InChI is InChI=1S/C12H11BrF3N3S/c1-6-4-18-11(20-6)7(2)19-10-9(12(14,15)16)3-8(13)5-17-10/h3-5,7H,1-2H3,(H,17,19). The number of nitrogens with zero attached hydrogens (tertiary/aromatic N) is 2. The van der Waals surface area contributed by atoms with Crippen LogP contribution >= 0.6 is 27.3 Å². The zero-order chi connectivity index (χ0) is 14.9. The summed E-state index contributed by atoms with van der Waals surface area (Å²) in [6.45, 7) is 3.65. The van der Waals surface area contributed by atoms with Crippen LogP contribution in [0.3, 0.4) is 0 Å². The SMILES string of the molecule is Cc1cnc(C(C)Nc2ncc(Br)cc2C(F)(F)F)s1. The van der Waals surface area contributed by atoms with Crippen LogP contribution in [0.25, 0.3) is 0 Å². The van der Waals surface area contributed by atoms with E-state index in [2.05, 4.69) is 31.2 Å². The van der Waals surface area contributed by atoms with Crippen molar-refractivity contribution in [3.05, 3.63) is 38.4 Å². The molecule has 0 bridgehead atoms. The van der Waals surface area contributed by atoms with E-state index in [-0.39, 0.29) is 16.3 Å². The molecular weight excluding hydrogens is 355 g/mol. The Balaban J connectivity index is 2.29. The van der Waals surface area contributed by atoms with E-state index in [0.717, 1.165) is 16.0 Å². The highest BCUT2D eigenvalue weighted by Gasteiger charge is 2.35. The summed E-state index contributed by atoms with van der Waals surface area (Å²) in [5.74, 6) is -0.193. The molecule has 0 amide bonds. The highest BCUT2D eigenvalue weighted by molar-refractivity contribution is 9.10. The van der Waals surface area contributed by atoms with Crippen LogP contribution in [0.5, 0.6) is 0 Å². The Morgan fingerprint density at radius 1 is 1.30 bits per heavy atom. The van der Waals surface area contributed by atoms with E-state index in [9.17, 15) is 13.2 Å². The molecular formula is C12H11BrF3N3S. The van der Waals surface area contributed by atoms with Crippen molar-refractivity contribution in [3.63, 3.8) is 0 Å². The van der Waals surface area contributed by atoms with Crippen LogP contribution in [-0.2, 0) is 6.18 Å². The van der Waals surface area contributed by atoms with E-state index < -0.39 is 11.7 Å². The maximum atomic E-state index is 13.0. The lowest BCUT2D eigenvalue weighted by atomic mass is 10.2. The van der Waals surface area contributed by atoms with Gasteiger partial charge in [0, 0.05) is 21.7 Å². The zero-order valence-corrected chi connectivity index (χ0v) is 13.0. The normalized spacial score (nSPS) is 13.3. The number of thiazole rings is 1. The van der Waals surface area contributed by atoms with Gasteiger partial charge < -0.3 is 5.32 Å². The van der Waals surface area contributed by atoms with E-state index in [4.69, 9.17) is 0 Å². The van der Waals surface area contributed by atoms with Gasteiger partial charge in [-0.25, -0.2) is 9.97 Å². The summed E-state index contributed by atoms with van der Waals surface area (Å²) in [6, 6.07) is 0.665. The first-order valence-corrected chi connectivity index (χ1v) is 7.30. The molecule has 0 aliphatic rings. The summed E-state index contributed by atoms with van der Waals surface area (Å²) >= 11 is 4.44. The number of nitrogens with one attached hydrogen (secondary N) is 1. The molecule has 108 valence electrons. The van der Waals surface area contributed by atoms with Gasteiger partial charge in [-0.15, -0.1) is 11.3 Å². The second-order valence-electron chi connectivity index (χ2n) is 4.22. The molecule has 2 aromatic rings. The molecule has 3 nitrogen and oxygen atoms in total. The first-order chi connectivity index (χ1) is 9.27. The van der Waals surface area contributed by atoms with Gasteiger partial charge in [0.2, 0.25) is 0 Å². The van der Waals surface area contributed by atoms with E-state index in [1.54, 1.807) is 13.1 Å². The highest BCUT2D eigenvalue weighted by atomic mass is 79.9. The Hall–Kier alpha value is -1.15. The molecule has 0 fully saturated rings. The zero-order valence-electron chi connectivity index (χ0n) is 10.6. The van der Waals surface area contributed by atoms with E-state index >= 15 is 0 Å². The first kappa shape index (κ1) is 15.2. The third kappa shape index (κ3) is 3.49. The summed E-state index contributed by atoms with van der Waals surface area (Å²) in [5, 5.41) is 3.49. The van der Waals surface area contributed by atoms with Crippen LogP contribution in [0.4, 0.5) is 19.0 Å². The average Bonchev–Trinajstić information content (AvgIpc) is 2.77. The van der Waals surface area contributed by atoms with Gasteiger partial charge in [0.25, 0.3) is 0 Å². The number of halogens is 4. The molecule has 2 rings (SSSR count). The number of anilines is 1. The summed E-state index contributed by atoms with van der Waals surface area (Å²) in [7, 11) is 0. The highest BCUT2D eigenvalue weighted by Crippen LogP contribution is 2.36. The smallest absolute Gasteiger partial charge is 0.361 e. The third-order valence-corrected chi connectivity index (χ3v) is 4.05. The monoisotopic (exact) mass is 365 g/mol. The molecule has 0 aliphatic carbocycles. The summed E-state index contributed by atoms with van der Waals surface area (Å²) in [5.41, 5.74) is -0.799. The quantitative estimate of drug-likeness (QED) is 0.848. The fraction of sp³-hybridized carbons (Fsp3) is 0.333. The number of alkyl halides is 3. The van der Waals surface area contributed by atoms with Gasteiger partial charge in [0.1, 0.15) is 10.8 Å². The topological polar surface area (TPSA) is 37.8 Å². The van der Waals surface area contributed by atoms with Crippen molar-refractivity contribution in [1.29, 1.82) is 0 Å². The van der Waals surface area contributed by atoms with E-state index in [1.807, 2.05) is 6.92 Å². The number of aromatic nitrogens is 2. The van der Waals surface area contributed by atoms with Crippen LogP contribution in [0, 0.1) is 6.92 Å². The molecule has 1 atom stereocenters. The molecule has 0 saturated heterocycles. The maximum Gasteiger partial charge on any atom is 0.419 e. The second-order valence-corrected chi connectivity index (χ2v) is 6.40. The fourth-order valence-corrected chi connectivity index (χ4v) is 2.72. The number of hydrogen-bond donors (Lipinski definition) is 1. The summed E-state index contributed by atoms with van der Waals surface area (Å²) in [6.07, 6.45) is -1.44. The molecule has 20 heavy (non-hydrogen) atoms. The minimum atomic E-state index is -4.46. The van der Waals surface area contributed by atoms with Crippen LogP contribution < -0.4 is 5.32 Å². The summed E-state index contributed by atoms with van der Waals surface area (Å²) < 4.78 is 39.2. The van der Waals surface area contributed by atoms with Crippen molar-refractivity contribution in [3.8, 4) is 0 Å². The molecule has 1 unspecified atom stereocenters. The molecule has 0 saturated carbocycles. The van der Waals surface area contributed by atoms with Crippen molar-refractivity contribution in [2.45, 2.75) is 26.1 Å². The molecule has 8 heteroatoms. The maximum absolute atomic E-state index is 13.0. The average molecular weight is 366 g/mol. The molecule has 0 radical (unpaired) electrons.